The number of hydrogen-bond donors (Lipinski definition) is 0. The Morgan fingerprint density at radius 3 is 0.944 bits per heavy atom. The zero-order valence-corrected chi connectivity index (χ0v) is 57.2. The van der Waals surface area contributed by atoms with Crippen LogP contribution in [0.25, 0.3) is 0 Å². The quantitative estimate of drug-likeness (QED) is 0.194. The van der Waals surface area contributed by atoms with Gasteiger partial charge in [-0.05, 0) is 401 Å². The molecule has 0 radical (unpaired) electrons. The molecule has 0 amide bonds. The van der Waals surface area contributed by atoms with Crippen LogP contribution in [0.1, 0.15) is 202 Å². The molecule has 482 valence electrons. The van der Waals surface area contributed by atoms with E-state index in [9.17, 15) is 0 Å². The fourth-order valence-corrected chi connectivity index (χ4v) is 36.5. The van der Waals surface area contributed by atoms with Gasteiger partial charge in [0.05, 0.1) is 0 Å². The Hall–Kier alpha value is -1.56. The maximum atomic E-state index is 2.59. The molecular weight excluding hydrogens is 1070 g/mol. The predicted octanol–water partition coefficient (Wildman–Crippen LogP) is 21.8. The first kappa shape index (κ1) is 56.6. The van der Waals surface area contributed by atoms with Gasteiger partial charge in [-0.15, -0.1) is 0 Å². The van der Waals surface area contributed by atoms with Crippen molar-refractivity contribution in [3.05, 3.63) is 72.9 Å². The van der Waals surface area contributed by atoms with Crippen molar-refractivity contribution in [2.75, 3.05) is 0 Å². The van der Waals surface area contributed by atoms with Crippen LogP contribution < -0.4 is 0 Å². The Kier molecular flexibility index (Phi) is 13.3. The van der Waals surface area contributed by atoms with Gasteiger partial charge in [0.2, 0.25) is 0 Å². The van der Waals surface area contributed by atoms with Crippen molar-refractivity contribution in [1.29, 1.82) is 0 Å². The van der Waals surface area contributed by atoms with Gasteiger partial charge in [0.25, 0.3) is 0 Å². The van der Waals surface area contributed by atoms with E-state index in [1.165, 1.54) is 92.3 Å². The number of rotatable bonds is 4. The normalized spacial score (nSPS) is 63.6. The van der Waals surface area contributed by atoms with Gasteiger partial charge in [-0.2, -0.15) is 0 Å². The van der Waals surface area contributed by atoms with Gasteiger partial charge in [-0.1, -0.05) is 147 Å². The lowest BCUT2D eigenvalue weighted by atomic mass is 9.61. The van der Waals surface area contributed by atoms with Crippen LogP contribution in [0.5, 0.6) is 0 Å². The molecule has 0 nitrogen and oxygen atoms in total. The fourth-order valence-electron chi connectivity index (χ4n) is 36.5. The summed E-state index contributed by atoms with van der Waals surface area (Å²) in [6, 6.07) is 0. The summed E-state index contributed by atoms with van der Waals surface area (Å²) in [7, 11) is 0. The number of allylic oxidation sites excluding steroid dienone is 12. The topological polar surface area (TPSA) is 0 Å². The number of fused-ring (bicyclic) bond motifs is 60. The monoisotopic (exact) mass is 1190 g/mol. The molecule has 0 aromatic carbocycles. The summed E-state index contributed by atoms with van der Waals surface area (Å²) >= 11 is 0. The highest BCUT2D eigenvalue weighted by Gasteiger charge is 2.68. The Morgan fingerprint density at radius 1 is 0.270 bits per heavy atom. The van der Waals surface area contributed by atoms with E-state index in [0.717, 1.165) is 225 Å². The average molecular weight is 1200 g/mol. The zero-order valence-electron chi connectivity index (χ0n) is 57.2. The Bertz CT molecular complexity index is 2810. The molecule has 0 spiro atoms. The van der Waals surface area contributed by atoms with E-state index in [2.05, 4.69) is 114 Å². The van der Waals surface area contributed by atoms with Crippen LogP contribution in [0.2, 0.25) is 0 Å². The van der Waals surface area contributed by atoms with Gasteiger partial charge >= 0.3 is 0 Å². The van der Waals surface area contributed by atoms with Crippen molar-refractivity contribution >= 4 is 0 Å². The van der Waals surface area contributed by atoms with E-state index in [0.29, 0.717) is 0 Å². The third-order valence-electron chi connectivity index (χ3n) is 38.1. The lowest BCUT2D eigenvalue weighted by Crippen LogP contribution is -2.38. The van der Waals surface area contributed by atoms with Gasteiger partial charge in [-0.3, -0.25) is 0 Å². The van der Waals surface area contributed by atoms with Crippen LogP contribution >= 0.6 is 0 Å². The van der Waals surface area contributed by atoms with E-state index in [1.807, 2.05) is 0 Å². The van der Waals surface area contributed by atoms with E-state index in [4.69, 9.17) is 0 Å². The number of hydrogen-bond acceptors (Lipinski definition) is 0. The molecule has 89 heavy (non-hydrogen) atoms. The molecule has 0 aliphatic heterocycles. The van der Waals surface area contributed by atoms with Crippen LogP contribution in [0.4, 0.5) is 0 Å². The van der Waals surface area contributed by atoms with E-state index < -0.39 is 0 Å². The lowest BCUT2D eigenvalue weighted by Gasteiger charge is -2.44. The van der Waals surface area contributed by atoms with Crippen molar-refractivity contribution in [3.63, 3.8) is 0 Å². The Labute approximate surface area is 544 Å². The molecule has 0 heterocycles. The van der Waals surface area contributed by atoms with E-state index in [1.54, 1.807) is 116 Å². The van der Waals surface area contributed by atoms with Crippen molar-refractivity contribution < 1.29 is 0 Å². The van der Waals surface area contributed by atoms with E-state index in [-0.39, 0.29) is 0 Å². The van der Waals surface area contributed by atoms with Gasteiger partial charge in [0.1, 0.15) is 0 Å². The van der Waals surface area contributed by atoms with E-state index >= 15 is 0 Å². The summed E-state index contributed by atoms with van der Waals surface area (Å²) < 4.78 is 0. The van der Waals surface area contributed by atoms with Crippen LogP contribution in [-0.4, -0.2) is 0 Å². The molecule has 45 atom stereocenters. The first-order chi connectivity index (χ1) is 43.6. The molecule has 0 aromatic heterocycles. The molecule has 45 unspecified atom stereocenters. The fraction of sp³-hybridized carbons (Fsp3) is 0.865. The second-order valence-electron chi connectivity index (χ2n) is 40.5. The summed E-state index contributed by atoms with van der Waals surface area (Å²) in [5, 5.41) is 0. The highest BCUT2D eigenvalue weighted by atomic mass is 14.7. The molecule has 24 bridgehead atoms. The minimum atomic E-state index is 0.914. The molecule has 26 aliphatic rings. The summed E-state index contributed by atoms with van der Waals surface area (Å²) in [5.41, 5.74) is 0. The van der Waals surface area contributed by atoms with Crippen molar-refractivity contribution in [3.8, 4) is 0 Å². The maximum absolute atomic E-state index is 2.59. The SMILES string of the molecule is C1=CC2CC1C1C3CC(C4CCCC43)C21.C1=CC2CC1C1C3CC(C4CCCCC43)C21.CC(C)CC1CC2CC1C1C3C=CC(C3)C21.CC1C(C)C2CC1C1C3C=CC(C3)C21.CC1CC2CC1C1C3C=CC(C3)C21.CCCC1CC2CC1C1C3C=CC(C3)C21. The van der Waals surface area contributed by atoms with Gasteiger partial charge in [0.15, 0.2) is 0 Å². The first-order valence-electron chi connectivity index (χ1n) is 41.7. The minimum Gasteiger partial charge on any atom is -0.0848 e. The molecular formula is C89H126. The van der Waals surface area contributed by atoms with Crippen molar-refractivity contribution in [2.24, 2.45) is 272 Å². The second kappa shape index (κ2) is 21.0. The highest BCUT2D eigenvalue weighted by Crippen LogP contribution is 2.75. The van der Waals surface area contributed by atoms with Gasteiger partial charge < -0.3 is 0 Å². The van der Waals surface area contributed by atoms with Crippen molar-refractivity contribution in [2.45, 2.75) is 202 Å². The van der Waals surface area contributed by atoms with Crippen LogP contribution in [0, 0.1) is 272 Å². The van der Waals surface area contributed by atoms with Crippen molar-refractivity contribution in [1.82, 2.24) is 0 Å². The van der Waals surface area contributed by atoms with Crippen LogP contribution in [0.15, 0.2) is 72.9 Å². The third-order valence-corrected chi connectivity index (χ3v) is 38.1. The van der Waals surface area contributed by atoms with Gasteiger partial charge in [0, 0.05) is 0 Å². The highest BCUT2D eigenvalue weighted by molar-refractivity contribution is 5.27. The molecule has 0 N–H and O–H groups in total. The summed E-state index contributed by atoms with van der Waals surface area (Å²) in [6.45, 7) is 14.7. The predicted molar refractivity (Wildman–Crippen MR) is 365 cm³/mol. The summed E-state index contributed by atoms with van der Waals surface area (Å²) in [4.78, 5) is 0. The Balaban J connectivity index is 0.0000000729. The minimum absolute atomic E-state index is 0.914. The van der Waals surface area contributed by atoms with Crippen LogP contribution in [0.3, 0.4) is 0 Å². The lowest BCUT2D eigenvalue weighted by molar-refractivity contribution is 0.0579. The van der Waals surface area contributed by atoms with Crippen LogP contribution in [-0.2, 0) is 0 Å². The molecule has 0 saturated heterocycles. The molecule has 0 aromatic rings. The third kappa shape index (κ3) is 8.07. The largest absolute Gasteiger partial charge is 0.0848 e. The maximum Gasteiger partial charge on any atom is -0.0194 e. The second-order valence-corrected chi connectivity index (χ2v) is 40.5. The molecule has 0 heteroatoms. The first-order valence-corrected chi connectivity index (χ1v) is 41.7. The average Bonchev–Trinajstić information content (AvgIpc) is 1.70. The summed E-state index contributed by atoms with van der Waals surface area (Å²) in [6.07, 6.45) is 69.8. The summed E-state index contributed by atoms with van der Waals surface area (Å²) in [5.74, 6) is 50.3. The Morgan fingerprint density at radius 2 is 0.562 bits per heavy atom. The zero-order chi connectivity index (χ0) is 58.7. The molecule has 26 aliphatic carbocycles. The standard InChI is InChI=1S/C16H22.C16H24.C15H20.C15H22.C14H20.C13H18/c1-2-4-12-11(3-1)13-8-14(12)16-10-6-5-9(7-10)15(13)16;1-9(2)5-12-7-13-8-14(12)16-11-4-3-10(6-11)15(13)16;1-2-10-11(3-1)13-7-12(10)14-8-4-5-9(6-8)15(13)14;1-2-3-9-6-12-8-13(9)15-11-5-4-10(7-11)14(12)15;1-7-8(2)12-6-11(7)13-9-3-4-10(5-9)14(12)13;1-7-4-10-6-11(7)13-9-3-2-8(5-9)12(10)13/h5-6,9-16H,1-4,7-8H2;3-4,9-16H,5-8H2,1-2H3;4-5,8-15H,1-3,6-7H2;4-5,9-15H,2-3,6-8H2,1H3;3-4,7-14H,5-6H2,1-2H3;2-3,7-13H,4-6H2,1H3. The van der Waals surface area contributed by atoms with Gasteiger partial charge in [-0.25, -0.2) is 0 Å². The molecule has 20 fully saturated rings. The molecule has 20 saturated carbocycles. The molecule has 26 rings (SSSR count). The smallest absolute Gasteiger partial charge is 0.0194 e.